The van der Waals surface area contributed by atoms with Crippen LogP contribution in [0.5, 0.6) is 0 Å². The number of amides is 2. The van der Waals surface area contributed by atoms with Crippen LogP contribution < -0.4 is 5.32 Å². The van der Waals surface area contributed by atoms with Crippen LogP contribution in [0.4, 0.5) is 18.0 Å². The topological polar surface area (TPSA) is 66.3 Å². The average Bonchev–Trinajstić information content (AvgIpc) is 2.57. The van der Waals surface area contributed by atoms with E-state index in [-0.39, 0.29) is 23.9 Å². The number of alkyl halides is 3. The molecule has 6 nitrogen and oxygen atoms in total. The number of benzene rings is 1. The molecule has 0 spiro atoms. The van der Waals surface area contributed by atoms with E-state index >= 15 is 0 Å². The predicted molar refractivity (Wildman–Crippen MR) is 98.8 cm³/mol. The summed E-state index contributed by atoms with van der Waals surface area (Å²) in [7, 11) is 3.12. The highest BCUT2D eigenvalue weighted by Gasteiger charge is 2.33. The van der Waals surface area contributed by atoms with Gasteiger partial charge in [0.25, 0.3) is 0 Å². The molecule has 0 atom stereocenters. The monoisotopic (exact) mass is 384 g/mol. The van der Waals surface area contributed by atoms with Crippen molar-refractivity contribution >= 4 is 18.2 Å². The largest absolute Gasteiger partial charge is 0.488 e. The van der Waals surface area contributed by atoms with Gasteiger partial charge in [-0.3, -0.25) is 10.3 Å². The van der Waals surface area contributed by atoms with Crippen LogP contribution in [0.25, 0.3) is 0 Å². The number of nitrogens with one attached hydrogen (secondary N) is 1. The molecule has 0 aliphatic rings. The van der Waals surface area contributed by atoms with Crippen LogP contribution in [-0.4, -0.2) is 43.7 Å². The number of hydrogen-bond donors (Lipinski definition) is 1. The Morgan fingerprint density at radius 1 is 1.37 bits per heavy atom. The van der Waals surface area contributed by atoms with Crippen LogP contribution in [-0.2, 0) is 17.5 Å². The van der Waals surface area contributed by atoms with E-state index < -0.39 is 17.8 Å². The molecule has 0 heterocycles. The van der Waals surface area contributed by atoms with E-state index in [9.17, 15) is 18.0 Å². The summed E-state index contributed by atoms with van der Waals surface area (Å²) >= 11 is 0. The Bertz CT molecular complexity index is 741. The fraction of sp³-hybridized carbons (Fsp3) is 0.389. The summed E-state index contributed by atoms with van der Waals surface area (Å²) in [6, 6.07) is 3.51. The lowest BCUT2D eigenvalue weighted by Crippen LogP contribution is -2.38. The molecule has 148 valence electrons. The fourth-order valence-electron chi connectivity index (χ4n) is 1.96. The summed E-state index contributed by atoms with van der Waals surface area (Å²) in [6.45, 7) is 7.02. The highest BCUT2D eigenvalue weighted by molar-refractivity contribution is 6.00. The van der Waals surface area contributed by atoms with Crippen molar-refractivity contribution in [3.8, 4) is 0 Å². The highest BCUT2D eigenvalue weighted by atomic mass is 19.4. The van der Waals surface area contributed by atoms with Crippen molar-refractivity contribution in [3.63, 3.8) is 0 Å². The lowest BCUT2D eigenvalue weighted by atomic mass is 10.0. The van der Waals surface area contributed by atoms with Gasteiger partial charge in [-0.15, -0.1) is 0 Å². The molecular formula is C18H23F3N4O2. The number of ether oxygens (including phenoxy) is 1. The number of carbonyl (C=O) groups excluding carboxylic acids is 1. The van der Waals surface area contributed by atoms with Crippen molar-refractivity contribution in [2.45, 2.75) is 26.6 Å². The molecule has 1 N–H and O–H groups in total. The molecule has 0 bridgehead atoms. The van der Waals surface area contributed by atoms with Crippen molar-refractivity contribution in [1.29, 1.82) is 0 Å². The van der Waals surface area contributed by atoms with Crippen LogP contribution in [0.2, 0.25) is 0 Å². The van der Waals surface area contributed by atoms with E-state index in [0.717, 1.165) is 6.07 Å². The first-order valence-corrected chi connectivity index (χ1v) is 8.10. The molecule has 1 aromatic carbocycles. The molecule has 0 saturated heterocycles. The second-order valence-corrected chi connectivity index (χ2v) is 5.73. The standard InChI is InChI=1S/C18H23F3N4O2/c1-6-22-16(24-17(26)25(4)5)23-10-13(3)27-11-14-12(2)8-7-9-15(14)18(19,20)21/h7-10H,3,6,11H2,1-2,4-5H3,(H,22,24,26)/b23-10-. The van der Waals surface area contributed by atoms with Gasteiger partial charge < -0.3 is 9.64 Å². The molecule has 0 unspecified atom stereocenters. The van der Waals surface area contributed by atoms with Gasteiger partial charge in [0.2, 0.25) is 5.96 Å². The Balaban J connectivity index is 2.82. The van der Waals surface area contributed by atoms with E-state index in [0.29, 0.717) is 12.1 Å². The summed E-state index contributed by atoms with van der Waals surface area (Å²) in [5.41, 5.74) is -0.261. The molecule has 0 aliphatic heterocycles. The molecule has 0 aromatic heterocycles. The Morgan fingerprint density at radius 2 is 2.04 bits per heavy atom. The number of urea groups is 1. The second-order valence-electron chi connectivity index (χ2n) is 5.73. The number of guanidine groups is 1. The van der Waals surface area contributed by atoms with Crippen LogP contribution in [0.1, 0.15) is 23.6 Å². The molecule has 0 saturated carbocycles. The Kier molecular flexibility index (Phi) is 8.01. The summed E-state index contributed by atoms with van der Waals surface area (Å²) < 4.78 is 44.6. The molecular weight excluding hydrogens is 361 g/mol. The van der Waals surface area contributed by atoms with Gasteiger partial charge in [-0.25, -0.2) is 9.79 Å². The number of aryl methyl sites for hydroxylation is 1. The quantitative estimate of drug-likeness (QED) is 0.477. The Morgan fingerprint density at radius 3 is 2.59 bits per heavy atom. The number of nitrogens with zero attached hydrogens (tertiary/aromatic N) is 3. The third-order valence-electron chi connectivity index (χ3n) is 3.38. The van der Waals surface area contributed by atoms with E-state index in [4.69, 9.17) is 4.74 Å². The number of allylic oxidation sites excluding steroid dienone is 1. The Labute approximate surface area is 156 Å². The molecule has 2 amide bonds. The van der Waals surface area contributed by atoms with Gasteiger partial charge in [0.15, 0.2) is 0 Å². The maximum atomic E-state index is 13.1. The van der Waals surface area contributed by atoms with Crippen molar-refractivity contribution in [1.82, 2.24) is 10.2 Å². The molecule has 9 heteroatoms. The van der Waals surface area contributed by atoms with Gasteiger partial charge in [-0.05, 0) is 25.5 Å². The van der Waals surface area contributed by atoms with Crippen molar-refractivity contribution in [2.24, 2.45) is 9.98 Å². The second kappa shape index (κ2) is 9.75. The zero-order chi connectivity index (χ0) is 20.6. The Hall–Kier alpha value is -2.84. The fourth-order valence-corrected chi connectivity index (χ4v) is 1.96. The van der Waals surface area contributed by atoms with E-state index in [1.54, 1.807) is 34.0 Å². The first kappa shape index (κ1) is 22.2. The zero-order valence-corrected chi connectivity index (χ0v) is 15.7. The molecule has 27 heavy (non-hydrogen) atoms. The van der Waals surface area contributed by atoms with E-state index in [1.807, 2.05) is 0 Å². The lowest BCUT2D eigenvalue weighted by molar-refractivity contribution is -0.138. The number of carbonyl (C=O) groups is 1. The smallest absolute Gasteiger partial charge is 0.416 e. The van der Waals surface area contributed by atoms with Crippen molar-refractivity contribution in [2.75, 3.05) is 20.6 Å². The summed E-state index contributed by atoms with van der Waals surface area (Å²) in [5.74, 6) is 0.0853. The normalized spacial score (nSPS) is 12.2. The first-order chi connectivity index (χ1) is 12.6. The number of aliphatic imine (C=N–C) groups is 2. The van der Waals surface area contributed by atoms with Gasteiger partial charge in [-0.2, -0.15) is 13.2 Å². The molecule has 0 aliphatic carbocycles. The number of hydrogen-bond acceptors (Lipinski definition) is 3. The van der Waals surface area contributed by atoms with Crippen LogP contribution in [0.15, 0.2) is 40.5 Å². The highest BCUT2D eigenvalue weighted by Crippen LogP contribution is 2.33. The van der Waals surface area contributed by atoms with Crippen LogP contribution >= 0.6 is 0 Å². The van der Waals surface area contributed by atoms with E-state index in [1.165, 1.54) is 17.2 Å². The SMILES string of the molecule is C=C(/C=N\C(=N/CC)NC(=O)N(C)C)OCc1c(C)cccc1C(F)(F)F. The van der Waals surface area contributed by atoms with Crippen molar-refractivity contribution < 1.29 is 22.7 Å². The third-order valence-corrected chi connectivity index (χ3v) is 3.38. The maximum absolute atomic E-state index is 13.1. The lowest BCUT2D eigenvalue weighted by Gasteiger charge is -2.16. The van der Waals surface area contributed by atoms with Crippen molar-refractivity contribution in [3.05, 3.63) is 47.2 Å². The minimum atomic E-state index is -4.47. The zero-order valence-electron chi connectivity index (χ0n) is 15.7. The third kappa shape index (κ3) is 7.12. The number of rotatable bonds is 5. The van der Waals surface area contributed by atoms with Crippen LogP contribution in [0.3, 0.4) is 0 Å². The van der Waals surface area contributed by atoms with E-state index in [2.05, 4.69) is 21.9 Å². The predicted octanol–water partition coefficient (Wildman–Crippen LogP) is 3.76. The molecule has 0 radical (unpaired) electrons. The number of halogens is 3. The van der Waals surface area contributed by atoms with Crippen LogP contribution in [0, 0.1) is 6.92 Å². The van der Waals surface area contributed by atoms with Gasteiger partial charge >= 0.3 is 12.2 Å². The summed E-state index contributed by atoms with van der Waals surface area (Å²) in [4.78, 5) is 20.9. The van der Waals surface area contributed by atoms with Gasteiger partial charge in [0.05, 0.1) is 11.8 Å². The average molecular weight is 384 g/mol. The summed E-state index contributed by atoms with van der Waals surface area (Å²) in [5, 5.41) is 2.48. The molecule has 0 fully saturated rings. The first-order valence-electron chi connectivity index (χ1n) is 8.10. The summed E-state index contributed by atoms with van der Waals surface area (Å²) in [6.07, 6.45) is -3.28. The molecule has 1 rings (SSSR count). The maximum Gasteiger partial charge on any atom is 0.416 e. The minimum absolute atomic E-state index is 0.0305. The minimum Gasteiger partial charge on any atom is -0.488 e. The van der Waals surface area contributed by atoms with Gasteiger partial charge in [0.1, 0.15) is 12.4 Å². The van der Waals surface area contributed by atoms with Gasteiger partial charge in [0, 0.05) is 26.2 Å². The molecule has 1 aromatic rings. The van der Waals surface area contributed by atoms with Gasteiger partial charge in [-0.1, -0.05) is 18.7 Å².